The SMILES string of the molecule is NCCS(=O)(=O)c1ccc(-c2ccccc2N)c(C2NNNN2)c1S(N)(=O)=O. The molecule has 2 aromatic rings. The number of hydrogen-bond acceptors (Lipinski definition) is 10. The summed E-state index contributed by atoms with van der Waals surface area (Å²) in [5.74, 6) is -0.427. The number of rotatable bonds is 6. The van der Waals surface area contributed by atoms with Crippen LogP contribution >= 0.6 is 0 Å². The molecule has 0 unspecified atom stereocenters. The van der Waals surface area contributed by atoms with Gasteiger partial charge in [0.05, 0.1) is 10.6 Å². The van der Waals surface area contributed by atoms with Crippen LogP contribution in [0.1, 0.15) is 11.7 Å². The molecule has 0 aromatic heterocycles. The van der Waals surface area contributed by atoms with Crippen molar-refractivity contribution < 1.29 is 16.8 Å². The third-order valence-corrected chi connectivity index (χ3v) is 7.12. The van der Waals surface area contributed by atoms with Crippen molar-refractivity contribution in [3.8, 4) is 11.1 Å². The molecular weight excluding hydrogens is 406 g/mol. The van der Waals surface area contributed by atoms with E-state index in [0.29, 0.717) is 16.8 Å². The molecule has 1 aliphatic heterocycles. The maximum Gasteiger partial charge on any atom is 0.239 e. The molecule has 3 rings (SSSR count). The number of sulfonamides is 1. The van der Waals surface area contributed by atoms with Gasteiger partial charge in [-0.15, -0.1) is 0 Å². The lowest BCUT2D eigenvalue weighted by atomic mass is 9.96. The van der Waals surface area contributed by atoms with Gasteiger partial charge in [0.15, 0.2) is 9.84 Å². The minimum atomic E-state index is -4.44. The summed E-state index contributed by atoms with van der Waals surface area (Å²) >= 11 is 0. The highest BCUT2D eigenvalue weighted by Gasteiger charge is 2.34. The van der Waals surface area contributed by atoms with Crippen LogP contribution in [-0.4, -0.2) is 29.1 Å². The smallest absolute Gasteiger partial charge is 0.239 e. The van der Waals surface area contributed by atoms with Crippen LogP contribution in [0, 0.1) is 0 Å². The number of nitrogens with two attached hydrogens (primary N) is 3. The molecule has 0 spiro atoms. The van der Waals surface area contributed by atoms with Gasteiger partial charge < -0.3 is 11.5 Å². The summed E-state index contributed by atoms with van der Waals surface area (Å²) in [5, 5.41) is 5.45. The fraction of sp³-hybridized carbons (Fsp3) is 0.200. The first kappa shape index (κ1) is 20.6. The molecule has 1 fully saturated rings. The number of nitrogen functional groups attached to an aromatic ring is 1. The third-order valence-electron chi connectivity index (χ3n) is 4.20. The third kappa shape index (κ3) is 3.87. The van der Waals surface area contributed by atoms with Crippen LogP contribution in [0.4, 0.5) is 5.69 Å². The zero-order chi connectivity index (χ0) is 20.5. The first-order valence-corrected chi connectivity index (χ1v) is 11.3. The standard InChI is InChI=1S/C15H21N7O4S2/c16-7-8-27(23,24)12-6-5-10(9-3-1-2-4-11(9)17)13(14(12)28(18,25)26)15-19-21-22-20-15/h1-6,15,19-22H,7-8,16-17H2,(H2,18,25,26). The Bertz CT molecular complexity index is 1100. The summed E-state index contributed by atoms with van der Waals surface area (Å²) in [6, 6.07) is 9.53. The van der Waals surface area contributed by atoms with Crippen molar-refractivity contribution in [1.29, 1.82) is 0 Å². The second-order valence-corrected chi connectivity index (χ2v) is 9.64. The van der Waals surface area contributed by atoms with Crippen LogP contribution in [0.5, 0.6) is 0 Å². The van der Waals surface area contributed by atoms with E-state index in [0.717, 1.165) is 0 Å². The van der Waals surface area contributed by atoms with Gasteiger partial charge in [-0.1, -0.05) is 24.3 Å². The number of hydrogen-bond donors (Lipinski definition) is 7. The second-order valence-electron chi connectivity index (χ2n) is 6.07. The number of benzene rings is 2. The molecule has 0 radical (unpaired) electrons. The minimum absolute atomic E-state index is 0.107. The quantitative estimate of drug-likeness (QED) is 0.265. The first-order valence-electron chi connectivity index (χ1n) is 8.15. The highest BCUT2D eigenvalue weighted by atomic mass is 32.2. The topological polar surface area (TPSA) is 194 Å². The number of sulfone groups is 1. The lowest BCUT2D eigenvalue weighted by Crippen LogP contribution is -2.33. The molecule has 28 heavy (non-hydrogen) atoms. The van der Waals surface area contributed by atoms with Gasteiger partial charge >= 0.3 is 0 Å². The summed E-state index contributed by atoms with van der Waals surface area (Å²) in [6.07, 6.45) is -0.823. The van der Waals surface area contributed by atoms with Crippen molar-refractivity contribution in [3.05, 3.63) is 42.0 Å². The average molecular weight is 428 g/mol. The van der Waals surface area contributed by atoms with Crippen LogP contribution in [0.2, 0.25) is 0 Å². The van der Waals surface area contributed by atoms with Crippen LogP contribution in [0.25, 0.3) is 11.1 Å². The highest BCUT2D eigenvalue weighted by molar-refractivity contribution is 7.93. The highest BCUT2D eigenvalue weighted by Crippen LogP contribution is 2.38. The number of para-hydroxylation sites is 1. The molecule has 152 valence electrons. The fourth-order valence-electron chi connectivity index (χ4n) is 3.04. The molecule has 0 amide bonds. The molecule has 2 aromatic carbocycles. The Morgan fingerprint density at radius 2 is 1.57 bits per heavy atom. The van der Waals surface area contributed by atoms with Crippen molar-refractivity contribution in [2.45, 2.75) is 16.0 Å². The fourth-order valence-corrected chi connectivity index (χ4v) is 5.85. The molecule has 1 saturated heterocycles. The van der Waals surface area contributed by atoms with Crippen molar-refractivity contribution in [1.82, 2.24) is 21.9 Å². The van der Waals surface area contributed by atoms with Gasteiger partial charge in [0, 0.05) is 23.4 Å². The van der Waals surface area contributed by atoms with E-state index in [1.54, 1.807) is 24.3 Å². The Morgan fingerprint density at radius 1 is 0.929 bits per heavy atom. The van der Waals surface area contributed by atoms with Gasteiger partial charge in [0.1, 0.15) is 11.1 Å². The molecule has 0 saturated carbocycles. The summed E-state index contributed by atoms with van der Waals surface area (Å²) in [5.41, 5.74) is 23.6. The van der Waals surface area contributed by atoms with Crippen LogP contribution in [-0.2, 0) is 19.9 Å². The molecule has 13 heteroatoms. The molecule has 1 heterocycles. The van der Waals surface area contributed by atoms with E-state index >= 15 is 0 Å². The van der Waals surface area contributed by atoms with Gasteiger partial charge in [-0.3, -0.25) is 0 Å². The van der Waals surface area contributed by atoms with Gasteiger partial charge in [-0.05, 0) is 17.7 Å². The Kier molecular flexibility index (Phi) is 5.69. The molecule has 0 aliphatic carbocycles. The molecule has 0 atom stereocenters. The van der Waals surface area contributed by atoms with Crippen molar-refractivity contribution in [3.63, 3.8) is 0 Å². The first-order chi connectivity index (χ1) is 13.2. The Hall–Kier alpha value is -2.10. The molecule has 1 aliphatic rings. The summed E-state index contributed by atoms with van der Waals surface area (Å²) in [4.78, 5) is -0.929. The lowest BCUT2D eigenvalue weighted by molar-refractivity contribution is 0.534. The predicted octanol–water partition coefficient (Wildman–Crippen LogP) is -1.57. The summed E-state index contributed by atoms with van der Waals surface area (Å²) < 4.78 is 50.4. The number of hydrazine groups is 3. The average Bonchev–Trinajstić information content (AvgIpc) is 3.14. The zero-order valence-corrected chi connectivity index (χ0v) is 16.3. The summed E-state index contributed by atoms with van der Waals surface area (Å²) in [7, 11) is -8.44. The Morgan fingerprint density at radius 3 is 2.14 bits per heavy atom. The molecular formula is C15H21N7O4S2. The second kappa shape index (κ2) is 7.73. The normalized spacial score (nSPS) is 15.8. The molecule has 11 nitrogen and oxygen atoms in total. The van der Waals surface area contributed by atoms with Crippen molar-refractivity contribution >= 4 is 25.5 Å². The van der Waals surface area contributed by atoms with E-state index in [1.807, 2.05) is 0 Å². The van der Waals surface area contributed by atoms with E-state index in [1.165, 1.54) is 12.1 Å². The molecule has 0 bridgehead atoms. The van der Waals surface area contributed by atoms with Crippen molar-refractivity contribution in [2.24, 2.45) is 10.9 Å². The van der Waals surface area contributed by atoms with E-state index in [2.05, 4.69) is 21.9 Å². The minimum Gasteiger partial charge on any atom is -0.398 e. The number of primary sulfonamides is 1. The van der Waals surface area contributed by atoms with Gasteiger partial charge in [-0.25, -0.2) is 32.8 Å². The lowest BCUT2D eigenvalue weighted by Gasteiger charge is -2.22. The van der Waals surface area contributed by atoms with Crippen LogP contribution in [0.15, 0.2) is 46.2 Å². The van der Waals surface area contributed by atoms with Crippen LogP contribution < -0.4 is 38.5 Å². The van der Waals surface area contributed by atoms with Crippen molar-refractivity contribution in [2.75, 3.05) is 18.0 Å². The van der Waals surface area contributed by atoms with E-state index in [-0.39, 0.29) is 12.1 Å². The largest absolute Gasteiger partial charge is 0.398 e. The zero-order valence-electron chi connectivity index (χ0n) is 14.6. The molecule has 10 N–H and O–H groups in total. The van der Waals surface area contributed by atoms with Crippen LogP contribution in [0.3, 0.4) is 0 Å². The maximum absolute atomic E-state index is 12.7. The predicted molar refractivity (Wildman–Crippen MR) is 104 cm³/mol. The van der Waals surface area contributed by atoms with E-state index in [9.17, 15) is 16.8 Å². The van der Waals surface area contributed by atoms with E-state index < -0.39 is 41.6 Å². The van der Waals surface area contributed by atoms with Gasteiger partial charge in [0.25, 0.3) is 0 Å². The maximum atomic E-state index is 12.7. The number of nitrogens with one attached hydrogen (secondary N) is 4. The Balaban J connectivity index is 2.42. The van der Waals surface area contributed by atoms with Gasteiger partial charge in [0.2, 0.25) is 10.0 Å². The monoisotopic (exact) mass is 427 g/mol. The van der Waals surface area contributed by atoms with Gasteiger partial charge in [-0.2, -0.15) is 11.1 Å². The Labute approximate surface area is 162 Å². The number of anilines is 1. The van der Waals surface area contributed by atoms with E-state index in [4.69, 9.17) is 16.6 Å². The summed E-state index contributed by atoms with van der Waals surface area (Å²) in [6.45, 7) is -0.169.